The van der Waals surface area contributed by atoms with Crippen LogP contribution in [0.5, 0.6) is 11.5 Å². The minimum atomic E-state index is -0.328. The maximum Gasteiger partial charge on any atom is 0.291 e. The molecule has 0 bridgehead atoms. The number of ether oxygens (including phenoxy) is 3. The fraction of sp³-hybridized carbons (Fsp3) is 0.105. The van der Waals surface area contributed by atoms with Crippen molar-refractivity contribution in [1.29, 1.82) is 0 Å². The summed E-state index contributed by atoms with van der Waals surface area (Å²) in [6.45, 7) is 0.0573. The van der Waals surface area contributed by atoms with E-state index in [4.69, 9.17) is 14.2 Å². The lowest BCUT2D eigenvalue weighted by molar-refractivity contribution is 0.0500. The van der Waals surface area contributed by atoms with E-state index in [1.807, 2.05) is 103 Å². The van der Waals surface area contributed by atoms with Crippen LogP contribution in [-0.2, 0) is 18.0 Å². The van der Waals surface area contributed by atoms with Crippen LogP contribution < -0.4 is 14.8 Å². The molecule has 0 aliphatic rings. The predicted molar refractivity (Wildman–Crippen MR) is 180 cm³/mol. The molecule has 0 spiro atoms. The summed E-state index contributed by atoms with van der Waals surface area (Å²) in [5.74, 6) is 1.11. The van der Waals surface area contributed by atoms with Gasteiger partial charge in [-0.25, -0.2) is 4.98 Å². The summed E-state index contributed by atoms with van der Waals surface area (Å²) < 4.78 is 18.0. The van der Waals surface area contributed by atoms with Crippen LogP contribution in [0.15, 0.2) is 115 Å². The van der Waals surface area contributed by atoms with Gasteiger partial charge in [-0.1, -0.05) is 78.9 Å². The Bertz CT molecular complexity index is 2170. The minimum absolute atomic E-state index is 0.0197. The first-order valence-electron chi connectivity index (χ1n) is 14.9. The van der Waals surface area contributed by atoms with Gasteiger partial charge in [-0.2, -0.15) is 0 Å². The van der Waals surface area contributed by atoms with E-state index in [1.165, 1.54) is 0 Å². The van der Waals surface area contributed by atoms with Gasteiger partial charge < -0.3 is 29.6 Å². The highest BCUT2D eigenvalue weighted by Crippen LogP contribution is 2.47. The number of benzene rings is 6. The number of carbonyl (C=O) groups is 1. The lowest BCUT2D eigenvalue weighted by Crippen LogP contribution is -2.13. The van der Waals surface area contributed by atoms with Gasteiger partial charge in [-0.3, -0.25) is 4.79 Å². The maximum absolute atomic E-state index is 13.0. The zero-order chi connectivity index (χ0) is 31.5. The molecule has 3 N–H and O–H groups in total. The van der Waals surface area contributed by atoms with Gasteiger partial charge in [0.15, 0.2) is 12.6 Å². The fourth-order valence-corrected chi connectivity index (χ4v) is 5.82. The predicted octanol–water partition coefficient (Wildman–Crippen LogP) is 7.84. The smallest absolute Gasteiger partial charge is 0.291 e. The number of hydrogen-bond acceptors (Lipinski definition) is 6. The summed E-state index contributed by atoms with van der Waals surface area (Å²) in [6, 6.07) is 37.2. The number of aromatic amines is 1. The number of fused-ring (bicyclic) bond motifs is 3. The number of anilines is 1. The average Bonchev–Trinajstić information content (AvgIpc) is 3.54. The van der Waals surface area contributed by atoms with Gasteiger partial charge in [0.05, 0.1) is 17.6 Å². The Hall–Kier alpha value is -5.70. The molecule has 7 rings (SSSR count). The molecule has 1 aromatic heterocycles. The number of aromatic nitrogens is 2. The molecule has 8 nitrogen and oxygen atoms in total. The van der Waals surface area contributed by atoms with Gasteiger partial charge in [0.25, 0.3) is 5.91 Å². The van der Waals surface area contributed by atoms with Crippen LogP contribution in [0.1, 0.15) is 21.7 Å². The largest absolute Gasteiger partial charge is 0.488 e. The highest BCUT2D eigenvalue weighted by atomic mass is 16.7. The van der Waals surface area contributed by atoms with Crippen molar-refractivity contribution < 1.29 is 24.1 Å². The molecule has 0 saturated carbocycles. The van der Waals surface area contributed by atoms with Gasteiger partial charge in [0.2, 0.25) is 0 Å². The van der Waals surface area contributed by atoms with E-state index in [-0.39, 0.29) is 31.7 Å². The number of nitrogens with zero attached hydrogens (tertiary/aromatic N) is 1. The van der Waals surface area contributed by atoms with Crippen LogP contribution in [0.2, 0.25) is 0 Å². The second-order valence-electron chi connectivity index (χ2n) is 10.9. The molecule has 46 heavy (non-hydrogen) atoms. The molecule has 0 fully saturated rings. The van der Waals surface area contributed by atoms with Gasteiger partial charge in [-0.05, 0) is 63.5 Å². The van der Waals surface area contributed by atoms with E-state index in [2.05, 4.69) is 27.4 Å². The summed E-state index contributed by atoms with van der Waals surface area (Å²) >= 11 is 0. The van der Waals surface area contributed by atoms with Crippen LogP contribution in [0, 0.1) is 0 Å². The van der Waals surface area contributed by atoms with Crippen LogP contribution in [0.3, 0.4) is 0 Å². The number of para-hydroxylation sites is 2. The standard InChI is InChI=1S/C38H31N3O5/c1-44-23-46-36-27(21-42)20-26-11-3-5-14-30(26)35(36)34-29-13-4-2-10-25(29)17-18-33(34)45-22-24-9-8-12-28(19-24)39-38(43)37-40-31-15-6-7-16-32(31)41-37/h2-20,42H,21-23H2,1H3,(H,39,43)(H,40,41). The molecule has 0 saturated heterocycles. The zero-order valence-electron chi connectivity index (χ0n) is 25.1. The molecule has 1 heterocycles. The van der Waals surface area contributed by atoms with Crippen molar-refractivity contribution in [2.45, 2.75) is 13.2 Å². The van der Waals surface area contributed by atoms with Crippen molar-refractivity contribution in [3.63, 3.8) is 0 Å². The quantitative estimate of drug-likeness (QED) is 0.136. The van der Waals surface area contributed by atoms with Crippen molar-refractivity contribution in [2.24, 2.45) is 0 Å². The molecule has 0 aliphatic heterocycles. The van der Waals surface area contributed by atoms with Gasteiger partial charge in [-0.15, -0.1) is 0 Å². The first-order chi connectivity index (χ1) is 22.6. The fourth-order valence-electron chi connectivity index (χ4n) is 5.82. The summed E-state index contributed by atoms with van der Waals surface area (Å²) in [6.07, 6.45) is 0. The van der Waals surface area contributed by atoms with Gasteiger partial charge in [0.1, 0.15) is 18.1 Å². The summed E-state index contributed by atoms with van der Waals surface area (Å²) in [4.78, 5) is 20.5. The Balaban J connectivity index is 1.25. The molecule has 0 unspecified atom stereocenters. The van der Waals surface area contributed by atoms with Crippen LogP contribution in [0.25, 0.3) is 43.7 Å². The molecule has 0 aliphatic carbocycles. The number of rotatable bonds is 10. The molecule has 0 atom stereocenters. The first-order valence-corrected chi connectivity index (χ1v) is 14.9. The third-order valence-electron chi connectivity index (χ3n) is 7.89. The third-order valence-corrected chi connectivity index (χ3v) is 7.89. The van der Waals surface area contributed by atoms with Gasteiger partial charge >= 0.3 is 0 Å². The summed E-state index contributed by atoms with van der Waals surface area (Å²) in [5, 5.41) is 17.3. The summed E-state index contributed by atoms with van der Waals surface area (Å²) in [7, 11) is 1.57. The molecule has 6 aromatic carbocycles. The highest BCUT2D eigenvalue weighted by Gasteiger charge is 2.22. The lowest BCUT2D eigenvalue weighted by Gasteiger charge is -2.21. The number of aliphatic hydroxyl groups is 1. The van der Waals surface area contributed by atoms with E-state index >= 15 is 0 Å². The summed E-state index contributed by atoms with van der Waals surface area (Å²) in [5.41, 5.74) is 5.34. The normalized spacial score (nSPS) is 11.3. The van der Waals surface area contributed by atoms with Gasteiger partial charge in [0, 0.05) is 29.5 Å². The van der Waals surface area contributed by atoms with Crippen LogP contribution in [0.4, 0.5) is 5.69 Å². The molecule has 7 aromatic rings. The van der Waals surface area contributed by atoms with Crippen molar-refractivity contribution in [1.82, 2.24) is 9.97 Å². The number of nitrogens with one attached hydrogen (secondary N) is 2. The Kier molecular flexibility index (Phi) is 8.03. The lowest BCUT2D eigenvalue weighted by atomic mass is 9.90. The average molecular weight is 610 g/mol. The van der Waals surface area contributed by atoms with Crippen LogP contribution >= 0.6 is 0 Å². The molecular formula is C38H31N3O5. The monoisotopic (exact) mass is 609 g/mol. The van der Waals surface area contributed by atoms with E-state index in [0.29, 0.717) is 22.7 Å². The number of hydrogen-bond donors (Lipinski definition) is 3. The second kappa shape index (κ2) is 12.7. The number of methoxy groups -OCH3 is 1. The van der Waals surface area contributed by atoms with E-state index in [0.717, 1.165) is 49.3 Å². The molecule has 8 heteroatoms. The van der Waals surface area contributed by atoms with Crippen LogP contribution in [-0.4, -0.2) is 34.9 Å². The minimum Gasteiger partial charge on any atom is -0.488 e. The van der Waals surface area contributed by atoms with Crippen molar-refractivity contribution >= 4 is 44.2 Å². The van der Waals surface area contributed by atoms with Crippen molar-refractivity contribution in [3.8, 4) is 22.6 Å². The molecule has 1 amide bonds. The third kappa shape index (κ3) is 5.63. The van der Waals surface area contributed by atoms with E-state index < -0.39 is 0 Å². The SMILES string of the molecule is COCOc1c(CO)cc2ccccc2c1-c1c(OCc2cccc(NC(=O)c3nc4ccccc4[nH]3)c2)ccc2ccccc12. The Morgan fingerprint density at radius 3 is 2.37 bits per heavy atom. The first kappa shape index (κ1) is 29.0. The number of amides is 1. The molecular weight excluding hydrogens is 578 g/mol. The second-order valence-corrected chi connectivity index (χ2v) is 10.9. The van der Waals surface area contributed by atoms with Crippen molar-refractivity contribution in [3.05, 3.63) is 132 Å². The Morgan fingerprint density at radius 1 is 0.804 bits per heavy atom. The maximum atomic E-state index is 13.0. The van der Waals surface area contributed by atoms with Crippen molar-refractivity contribution in [2.75, 3.05) is 19.2 Å². The molecule has 228 valence electrons. The number of H-pyrrole nitrogens is 1. The number of imidazole rings is 1. The van der Waals surface area contributed by atoms with E-state index in [1.54, 1.807) is 7.11 Å². The number of aliphatic hydroxyl groups excluding tert-OH is 1. The molecule has 0 radical (unpaired) electrons. The Morgan fingerprint density at radius 2 is 1.57 bits per heavy atom. The van der Waals surface area contributed by atoms with E-state index in [9.17, 15) is 9.90 Å². The number of carbonyl (C=O) groups excluding carboxylic acids is 1. The topological polar surface area (TPSA) is 106 Å². The highest BCUT2D eigenvalue weighted by molar-refractivity contribution is 6.10. The zero-order valence-corrected chi connectivity index (χ0v) is 25.1. The Labute approximate surface area is 265 Å².